The van der Waals surface area contributed by atoms with Crippen LogP contribution in [-0.2, 0) is 18.3 Å². The van der Waals surface area contributed by atoms with Crippen molar-refractivity contribution >= 4 is 16.6 Å². The molecular weight excluding hydrogens is 281 g/mol. The first-order valence-corrected chi connectivity index (χ1v) is 7.82. The standard InChI is InChI=1S/C15H23.ClH.Zn/c1-10(2)13-7-14(11(3)4)9-15(8-13)12(5)6;;/h7-8,10-12H,1-6H3;1H;. The molecule has 0 aliphatic carbocycles. The van der Waals surface area contributed by atoms with Gasteiger partial charge in [-0.25, -0.2) is 0 Å². The molecule has 0 N–H and O–H groups in total. The van der Waals surface area contributed by atoms with E-state index in [1.807, 2.05) is 0 Å². The zero-order valence-corrected chi connectivity index (χ0v) is 15.8. The van der Waals surface area contributed by atoms with Crippen LogP contribution in [0.15, 0.2) is 12.1 Å². The van der Waals surface area contributed by atoms with Crippen molar-refractivity contribution in [3.8, 4) is 0 Å². The van der Waals surface area contributed by atoms with Crippen LogP contribution in [0.4, 0.5) is 0 Å². The Bertz CT molecular complexity index is 338. The minimum atomic E-state index is 0. The van der Waals surface area contributed by atoms with Crippen LogP contribution in [0.25, 0.3) is 0 Å². The average Bonchev–Trinajstić information content (AvgIpc) is 2.16. The Morgan fingerprint density at radius 2 is 1.12 bits per heavy atom. The maximum atomic E-state index is 2.43. The summed E-state index contributed by atoms with van der Waals surface area (Å²) in [5.74, 6) is 1.94. The molecule has 0 aromatic heterocycles. The van der Waals surface area contributed by atoms with Gasteiger partial charge in [-0.05, 0) is 0 Å². The van der Waals surface area contributed by atoms with E-state index in [0.717, 1.165) is 0 Å². The summed E-state index contributed by atoms with van der Waals surface area (Å²) in [4.78, 5) is 0. The molecule has 17 heavy (non-hydrogen) atoms. The molecule has 0 saturated carbocycles. The Balaban J connectivity index is 0.00000256. The summed E-state index contributed by atoms with van der Waals surface area (Å²) in [7, 11) is 0. The second-order valence-electron chi connectivity index (χ2n) is 5.64. The molecule has 0 nitrogen and oxygen atoms in total. The van der Waals surface area contributed by atoms with E-state index < -0.39 is 0 Å². The van der Waals surface area contributed by atoms with E-state index in [4.69, 9.17) is 0 Å². The summed E-state index contributed by atoms with van der Waals surface area (Å²) in [6, 6.07) is 4.86. The van der Waals surface area contributed by atoms with Crippen molar-refractivity contribution in [1.29, 1.82) is 0 Å². The van der Waals surface area contributed by atoms with Gasteiger partial charge in [0.1, 0.15) is 0 Å². The smallest absolute Gasteiger partial charge is 0.147 e. The van der Waals surface area contributed by atoms with Gasteiger partial charge < -0.3 is 0 Å². The van der Waals surface area contributed by atoms with E-state index in [9.17, 15) is 0 Å². The first kappa shape index (κ1) is 17.1. The SMILES string of the molecule is CC(C)c1cc(C(C)C)[c]([Zn])c(C(C)C)c1.Cl. The number of hydrogen-bond donors (Lipinski definition) is 0. The molecule has 0 spiro atoms. The van der Waals surface area contributed by atoms with Crippen LogP contribution in [0.2, 0.25) is 0 Å². The molecular formula is C15H24ClZn. The zero-order valence-electron chi connectivity index (χ0n) is 12.0. The molecule has 0 fully saturated rings. The summed E-state index contributed by atoms with van der Waals surface area (Å²) in [6.45, 7) is 13.8. The fourth-order valence-corrected chi connectivity index (χ4v) is 4.25. The Kier molecular flexibility index (Phi) is 6.96. The Hall–Kier alpha value is 0.133. The van der Waals surface area contributed by atoms with Crippen molar-refractivity contribution in [3.63, 3.8) is 0 Å². The first-order chi connectivity index (χ1) is 7.34. The van der Waals surface area contributed by atoms with E-state index in [-0.39, 0.29) is 12.4 Å². The van der Waals surface area contributed by atoms with Crippen LogP contribution in [0.5, 0.6) is 0 Å². The topological polar surface area (TPSA) is 0 Å². The van der Waals surface area contributed by atoms with Gasteiger partial charge in [-0.15, -0.1) is 12.4 Å². The summed E-state index contributed by atoms with van der Waals surface area (Å²) < 4.78 is 1.62. The van der Waals surface area contributed by atoms with Gasteiger partial charge >= 0.3 is 111 Å². The summed E-state index contributed by atoms with van der Waals surface area (Å²) in [5, 5.41) is 0. The number of hydrogen-bond acceptors (Lipinski definition) is 0. The zero-order chi connectivity index (χ0) is 12.5. The van der Waals surface area contributed by atoms with E-state index in [1.54, 1.807) is 15.3 Å². The van der Waals surface area contributed by atoms with Crippen molar-refractivity contribution in [1.82, 2.24) is 0 Å². The summed E-state index contributed by atoms with van der Waals surface area (Å²) >= 11 is 1.28. The number of halogens is 1. The summed E-state index contributed by atoms with van der Waals surface area (Å²) in [6.07, 6.45) is 0. The molecule has 0 heterocycles. The molecule has 0 unspecified atom stereocenters. The predicted molar refractivity (Wildman–Crippen MR) is 75.6 cm³/mol. The first-order valence-electron chi connectivity index (χ1n) is 6.34. The van der Waals surface area contributed by atoms with Gasteiger partial charge in [-0.1, -0.05) is 0 Å². The van der Waals surface area contributed by atoms with Crippen LogP contribution < -0.4 is 4.16 Å². The molecule has 0 aliphatic heterocycles. The molecule has 1 aromatic carbocycles. The molecule has 0 amide bonds. The van der Waals surface area contributed by atoms with Gasteiger partial charge in [0.15, 0.2) is 0 Å². The molecule has 0 bridgehead atoms. The van der Waals surface area contributed by atoms with Crippen molar-refractivity contribution < 1.29 is 18.3 Å². The largest absolute Gasteiger partial charge is 0.147 e. The fourth-order valence-electron chi connectivity index (χ4n) is 2.11. The van der Waals surface area contributed by atoms with Crippen molar-refractivity contribution in [2.75, 3.05) is 0 Å². The maximum Gasteiger partial charge on any atom is -0.147 e. The van der Waals surface area contributed by atoms with Crippen molar-refractivity contribution in [2.45, 2.75) is 59.3 Å². The van der Waals surface area contributed by atoms with E-state index in [1.165, 1.54) is 23.9 Å². The Labute approximate surface area is 123 Å². The second kappa shape index (κ2) is 6.90. The van der Waals surface area contributed by atoms with Crippen LogP contribution in [-0.4, -0.2) is 0 Å². The van der Waals surface area contributed by atoms with Gasteiger partial charge in [0.05, 0.1) is 0 Å². The second-order valence-corrected chi connectivity index (χ2v) is 7.13. The third kappa shape index (κ3) is 4.07. The molecule has 0 atom stereocenters. The minimum Gasteiger partial charge on any atom is -0.147 e. The number of benzene rings is 1. The van der Waals surface area contributed by atoms with Crippen LogP contribution >= 0.6 is 12.4 Å². The normalized spacial score (nSPS) is 11.2. The van der Waals surface area contributed by atoms with Crippen LogP contribution in [0, 0.1) is 0 Å². The van der Waals surface area contributed by atoms with Crippen LogP contribution in [0.1, 0.15) is 76.0 Å². The monoisotopic (exact) mass is 303 g/mol. The minimum absolute atomic E-state index is 0. The van der Waals surface area contributed by atoms with Gasteiger partial charge in [-0.2, -0.15) is 0 Å². The third-order valence-corrected chi connectivity index (χ3v) is 4.97. The molecule has 93 valence electrons. The number of rotatable bonds is 3. The quantitative estimate of drug-likeness (QED) is 0.713. The van der Waals surface area contributed by atoms with Gasteiger partial charge in [0.25, 0.3) is 0 Å². The molecule has 2 heteroatoms. The molecule has 0 radical (unpaired) electrons. The van der Waals surface area contributed by atoms with Crippen LogP contribution in [0.3, 0.4) is 0 Å². The maximum absolute atomic E-state index is 2.43. The van der Waals surface area contributed by atoms with E-state index in [0.29, 0.717) is 17.8 Å². The molecule has 1 rings (SSSR count). The van der Waals surface area contributed by atoms with Crippen molar-refractivity contribution in [2.24, 2.45) is 0 Å². The van der Waals surface area contributed by atoms with Gasteiger partial charge in [0.2, 0.25) is 0 Å². The summed E-state index contributed by atoms with van der Waals surface area (Å²) in [5.41, 5.74) is 4.66. The van der Waals surface area contributed by atoms with Gasteiger partial charge in [0, 0.05) is 0 Å². The third-order valence-electron chi connectivity index (χ3n) is 3.25. The molecule has 0 saturated heterocycles. The fraction of sp³-hybridized carbons (Fsp3) is 0.600. The van der Waals surface area contributed by atoms with Crippen molar-refractivity contribution in [3.05, 3.63) is 28.8 Å². The molecule has 0 aliphatic rings. The predicted octanol–water partition coefficient (Wildman–Crippen LogP) is 4.65. The Morgan fingerprint density at radius 1 is 0.765 bits per heavy atom. The average molecular weight is 305 g/mol. The van der Waals surface area contributed by atoms with E-state index >= 15 is 0 Å². The molecule has 1 aromatic rings. The van der Waals surface area contributed by atoms with E-state index in [2.05, 4.69) is 53.7 Å². The van der Waals surface area contributed by atoms with Gasteiger partial charge in [-0.3, -0.25) is 0 Å². The Morgan fingerprint density at radius 3 is 1.35 bits per heavy atom.